The number of methoxy groups -OCH3 is 2. The molecule has 0 atom stereocenters. The van der Waals surface area contributed by atoms with Gasteiger partial charge in [0, 0.05) is 6.54 Å². The number of aromatic nitrogens is 2. The molecular weight excluding hydrogens is 334 g/mol. The highest BCUT2D eigenvalue weighted by atomic mass is 32.2. The molecule has 0 aliphatic rings. The van der Waals surface area contributed by atoms with Crippen LogP contribution in [0.25, 0.3) is 0 Å². The van der Waals surface area contributed by atoms with Gasteiger partial charge in [0.05, 0.1) is 19.9 Å². The number of nitrogens with zero attached hydrogens (tertiary/aromatic N) is 1. The Morgan fingerprint density at radius 2 is 1.92 bits per heavy atom. The number of carbonyl (C=O) groups is 1. The van der Waals surface area contributed by atoms with E-state index in [1.165, 1.54) is 7.11 Å². The number of hydrogen-bond donors (Lipinski definition) is 2. The van der Waals surface area contributed by atoms with Crippen LogP contribution in [0.4, 0.5) is 0 Å². The van der Waals surface area contributed by atoms with Crippen molar-refractivity contribution in [1.82, 2.24) is 14.9 Å². The quantitative estimate of drug-likeness (QED) is 0.725. The molecule has 9 heteroatoms. The van der Waals surface area contributed by atoms with Crippen LogP contribution in [0, 0.1) is 0 Å². The molecule has 0 spiro atoms. The Bertz CT molecular complexity index is 812. The van der Waals surface area contributed by atoms with Gasteiger partial charge < -0.3 is 9.47 Å². The number of rotatable bonds is 7. The minimum Gasteiger partial charge on any atom is -0.497 e. The maximum atomic E-state index is 12.5. The largest absolute Gasteiger partial charge is 0.497 e. The molecule has 1 aromatic heterocycles. The summed E-state index contributed by atoms with van der Waals surface area (Å²) in [6.45, 7) is 1.84. The molecule has 2 rings (SSSR count). The number of H-pyrrole nitrogens is 1. The molecule has 0 saturated carbocycles. The van der Waals surface area contributed by atoms with E-state index >= 15 is 0 Å². The molecule has 8 nitrogen and oxygen atoms in total. The summed E-state index contributed by atoms with van der Waals surface area (Å²) in [7, 11) is -1.23. The first-order valence-electron chi connectivity index (χ1n) is 7.21. The van der Waals surface area contributed by atoms with E-state index in [-0.39, 0.29) is 17.1 Å². The maximum absolute atomic E-state index is 12.5. The third kappa shape index (κ3) is 3.74. The minimum absolute atomic E-state index is 0.0568. The van der Waals surface area contributed by atoms with Crippen molar-refractivity contribution in [3.8, 4) is 5.75 Å². The Morgan fingerprint density at radius 3 is 2.46 bits per heavy atom. The number of ether oxygens (including phenoxy) is 2. The van der Waals surface area contributed by atoms with Crippen LogP contribution in [0.3, 0.4) is 0 Å². The Morgan fingerprint density at radius 1 is 1.25 bits per heavy atom. The number of esters is 1. The van der Waals surface area contributed by atoms with Crippen molar-refractivity contribution < 1.29 is 22.7 Å². The summed E-state index contributed by atoms with van der Waals surface area (Å²) in [5.41, 5.74) is 1.08. The van der Waals surface area contributed by atoms with Crippen LogP contribution >= 0.6 is 0 Å². The first kappa shape index (κ1) is 18.0. The highest BCUT2D eigenvalue weighted by Gasteiger charge is 2.29. The fraction of sp³-hybridized carbons (Fsp3) is 0.333. The van der Waals surface area contributed by atoms with Gasteiger partial charge in [0.1, 0.15) is 11.3 Å². The van der Waals surface area contributed by atoms with E-state index in [0.717, 1.165) is 5.56 Å². The number of aromatic amines is 1. The summed E-state index contributed by atoms with van der Waals surface area (Å²) in [4.78, 5) is 11.9. The van der Waals surface area contributed by atoms with Gasteiger partial charge >= 0.3 is 5.97 Å². The predicted octanol–water partition coefficient (Wildman–Crippen LogP) is 1.25. The van der Waals surface area contributed by atoms with E-state index in [2.05, 4.69) is 19.7 Å². The van der Waals surface area contributed by atoms with Crippen molar-refractivity contribution in [2.45, 2.75) is 24.9 Å². The highest BCUT2D eigenvalue weighted by Crippen LogP contribution is 2.19. The van der Waals surface area contributed by atoms with E-state index in [1.807, 2.05) is 0 Å². The third-order valence-electron chi connectivity index (χ3n) is 3.43. The van der Waals surface area contributed by atoms with Gasteiger partial charge in [0.25, 0.3) is 10.0 Å². The summed E-state index contributed by atoms with van der Waals surface area (Å²) in [5.74, 6) is -0.0695. The summed E-state index contributed by atoms with van der Waals surface area (Å²) in [5, 5.41) is 5.98. The van der Waals surface area contributed by atoms with Crippen LogP contribution in [0.5, 0.6) is 5.75 Å². The van der Waals surface area contributed by atoms with Crippen molar-refractivity contribution in [2.75, 3.05) is 14.2 Å². The normalized spacial score (nSPS) is 11.3. The van der Waals surface area contributed by atoms with Crippen LogP contribution in [0.1, 0.15) is 28.5 Å². The van der Waals surface area contributed by atoms with Crippen LogP contribution in [0.2, 0.25) is 0 Å². The Balaban J connectivity index is 2.24. The van der Waals surface area contributed by atoms with E-state index in [4.69, 9.17) is 4.74 Å². The molecule has 0 bridgehead atoms. The van der Waals surface area contributed by atoms with Crippen LogP contribution in [-0.4, -0.2) is 38.8 Å². The molecule has 0 radical (unpaired) electrons. The zero-order chi connectivity index (χ0) is 17.7. The average Bonchev–Trinajstić information content (AvgIpc) is 3.04. The number of nitrogens with one attached hydrogen (secondary N) is 2. The van der Waals surface area contributed by atoms with Gasteiger partial charge in [-0.05, 0) is 24.1 Å². The molecule has 130 valence electrons. The highest BCUT2D eigenvalue weighted by molar-refractivity contribution is 7.89. The van der Waals surface area contributed by atoms with Crippen LogP contribution in [0.15, 0.2) is 29.3 Å². The van der Waals surface area contributed by atoms with Crippen molar-refractivity contribution >= 4 is 16.0 Å². The van der Waals surface area contributed by atoms with Crippen molar-refractivity contribution in [1.29, 1.82) is 0 Å². The monoisotopic (exact) mass is 353 g/mol. The van der Waals surface area contributed by atoms with E-state index in [0.29, 0.717) is 17.9 Å². The molecule has 0 aliphatic carbocycles. The Kier molecular flexibility index (Phi) is 5.58. The molecule has 1 heterocycles. The van der Waals surface area contributed by atoms with Gasteiger partial charge in [0.15, 0.2) is 0 Å². The lowest BCUT2D eigenvalue weighted by Gasteiger charge is -2.07. The van der Waals surface area contributed by atoms with Crippen molar-refractivity contribution in [2.24, 2.45) is 0 Å². The number of aryl methyl sites for hydroxylation is 1. The van der Waals surface area contributed by atoms with Gasteiger partial charge in [-0.25, -0.2) is 17.9 Å². The predicted molar refractivity (Wildman–Crippen MR) is 86.3 cm³/mol. The minimum atomic E-state index is -3.97. The standard InChI is InChI=1S/C15H19N3O5S/c1-4-12-13(15(19)23-3)14(18-17-12)24(20,21)16-9-10-5-7-11(22-2)8-6-10/h5-8,16H,4,9H2,1-3H3,(H,17,18). The van der Waals surface area contributed by atoms with Gasteiger partial charge in [-0.15, -0.1) is 0 Å². The van der Waals surface area contributed by atoms with Crippen LogP contribution < -0.4 is 9.46 Å². The first-order chi connectivity index (χ1) is 11.4. The SMILES string of the molecule is CCc1[nH]nc(S(=O)(=O)NCc2ccc(OC)cc2)c1C(=O)OC. The second kappa shape index (κ2) is 7.45. The molecule has 0 unspecified atom stereocenters. The molecule has 0 fully saturated rings. The van der Waals surface area contributed by atoms with Gasteiger partial charge in [-0.1, -0.05) is 19.1 Å². The molecule has 24 heavy (non-hydrogen) atoms. The second-order valence-corrected chi connectivity index (χ2v) is 6.58. The van der Waals surface area contributed by atoms with Gasteiger partial charge in [-0.2, -0.15) is 5.10 Å². The van der Waals surface area contributed by atoms with Crippen LogP contribution in [-0.2, 0) is 27.7 Å². The second-order valence-electron chi connectivity index (χ2n) is 4.90. The zero-order valence-corrected chi connectivity index (χ0v) is 14.4. The van der Waals surface area contributed by atoms with E-state index < -0.39 is 16.0 Å². The first-order valence-corrected chi connectivity index (χ1v) is 8.69. The smallest absolute Gasteiger partial charge is 0.342 e. The number of benzene rings is 1. The van der Waals surface area contributed by atoms with E-state index in [1.54, 1.807) is 38.3 Å². The molecule has 0 saturated heterocycles. The number of hydrogen-bond acceptors (Lipinski definition) is 6. The average molecular weight is 353 g/mol. The zero-order valence-electron chi connectivity index (χ0n) is 13.6. The Hall–Kier alpha value is -2.39. The topological polar surface area (TPSA) is 110 Å². The fourth-order valence-electron chi connectivity index (χ4n) is 2.11. The van der Waals surface area contributed by atoms with Crippen molar-refractivity contribution in [3.05, 3.63) is 41.1 Å². The summed E-state index contributed by atoms with van der Waals surface area (Å²) in [6.07, 6.45) is 0.422. The van der Waals surface area contributed by atoms with Crippen molar-refractivity contribution in [3.63, 3.8) is 0 Å². The van der Waals surface area contributed by atoms with E-state index in [9.17, 15) is 13.2 Å². The number of sulfonamides is 1. The number of carbonyl (C=O) groups excluding carboxylic acids is 1. The molecule has 0 aliphatic heterocycles. The fourth-order valence-corrected chi connectivity index (χ4v) is 3.25. The molecule has 0 amide bonds. The summed E-state index contributed by atoms with van der Waals surface area (Å²) < 4.78 is 37.1. The van der Waals surface area contributed by atoms with Gasteiger partial charge in [0.2, 0.25) is 5.03 Å². The Labute approximate surface area is 140 Å². The molecular formula is C15H19N3O5S. The third-order valence-corrected chi connectivity index (χ3v) is 4.76. The summed E-state index contributed by atoms with van der Waals surface area (Å²) >= 11 is 0. The summed E-state index contributed by atoms with van der Waals surface area (Å²) in [6, 6.07) is 6.94. The lowest BCUT2D eigenvalue weighted by atomic mass is 10.2. The maximum Gasteiger partial charge on any atom is 0.342 e. The molecule has 2 N–H and O–H groups in total. The van der Waals surface area contributed by atoms with Gasteiger partial charge in [-0.3, -0.25) is 5.10 Å². The molecule has 2 aromatic rings. The lowest BCUT2D eigenvalue weighted by Crippen LogP contribution is -2.25. The molecule has 1 aromatic carbocycles. The lowest BCUT2D eigenvalue weighted by molar-refractivity contribution is 0.0595.